The van der Waals surface area contributed by atoms with Gasteiger partial charge in [-0.15, -0.1) is 0 Å². The van der Waals surface area contributed by atoms with E-state index < -0.39 is 12.1 Å². The van der Waals surface area contributed by atoms with Gasteiger partial charge < -0.3 is 20.3 Å². The highest BCUT2D eigenvalue weighted by Gasteiger charge is 2.18. The third kappa shape index (κ3) is 59.1. The summed E-state index contributed by atoms with van der Waals surface area (Å²) in [4.78, 5) is 24.5. The highest BCUT2D eigenvalue weighted by atomic mass is 16.5. The number of hydrogen-bond acceptors (Lipinski definition) is 5. The lowest BCUT2D eigenvalue weighted by molar-refractivity contribution is -0.143. The van der Waals surface area contributed by atoms with Crippen molar-refractivity contribution in [2.45, 2.75) is 360 Å². The SMILES string of the molecule is CCCCC/C=C\CCCCCCCC(=O)OCCCCCCCCCCC/C=C\C/C=C\CCCCCCCCCCCC(=O)NC(CO)C(O)/C=C/CCCCCCCCCCCCCCCCCCCC. The summed E-state index contributed by atoms with van der Waals surface area (Å²) in [5, 5.41) is 23.2. The Morgan fingerprint density at radius 1 is 0.378 bits per heavy atom. The van der Waals surface area contributed by atoms with Crippen LogP contribution in [-0.4, -0.2) is 47.4 Å². The van der Waals surface area contributed by atoms with Crippen LogP contribution in [0, 0.1) is 0 Å². The van der Waals surface area contributed by atoms with Gasteiger partial charge in [0, 0.05) is 12.8 Å². The number of aliphatic hydroxyl groups is 2. The molecule has 0 aromatic heterocycles. The van der Waals surface area contributed by atoms with Crippen molar-refractivity contribution in [2.75, 3.05) is 13.2 Å². The summed E-state index contributed by atoms with van der Waals surface area (Å²) in [5.41, 5.74) is 0. The molecule has 0 aliphatic rings. The Labute approximate surface area is 461 Å². The summed E-state index contributed by atoms with van der Waals surface area (Å²) in [7, 11) is 0. The maximum atomic E-state index is 12.5. The first-order valence-electron chi connectivity index (χ1n) is 32.9. The molecular formula is C68H127NO5. The Hall–Kier alpha value is -2.18. The molecule has 0 aliphatic heterocycles. The molecule has 0 aliphatic carbocycles. The fourth-order valence-corrected chi connectivity index (χ4v) is 10.0. The van der Waals surface area contributed by atoms with Crippen LogP contribution in [0.5, 0.6) is 0 Å². The van der Waals surface area contributed by atoms with E-state index in [-0.39, 0.29) is 18.5 Å². The van der Waals surface area contributed by atoms with Crippen LogP contribution in [0.2, 0.25) is 0 Å². The number of ether oxygens (including phenoxy) is 1. The third-order valence-electron chi connectivity index (χ3n) is 15.1. The van der Waals surface area contributed by atoms with E-state index >= 15 is 0 Å². The standard InChI is InChI=1S/C68H127NO5/c1-3-5-7-9-11-13-15-17-18-19-20-28-31-34-37-40-44-48-52-56-60-66(71)65(64-70)69-67(72)61-57-53-49-45-41-38-35-32-29-26-24-22-21-23-25-27-30-33-36-39-43-47-51-55-59-63-74-68(73)62-58-54-50-46-42-16-14-12-10-8-6-4-2/h12,14,22-25,56,60,65-66,70-71H,3-11,13,15-21,26-55,57-59,61-64H2,1-2H3,(H,69,72)/b14-12-,24-22-,25-23-,60-56+. The van der Waals surface area contributed by atoms with Crippen LogP contribution in [-0.2, 0) is 14.3 Å². The Kier molecular flexibility index (Phi) is 61.5. The van der Waals surface area contributed by atoms with Gasteiger partial charge in [0.1, 0.15) is 0 Å². The Balaban J connectivity index is 3.47. The maximum Gasteiger partial charge on any atom is 0.305 e. The Morgan fingerprint density at radius 2 is 0.676 bits per heavy atom. The monoisotopic (exact) mass is 1040 g/mol. The zero-order chi connectivity index (χ0) is 53.6. The second-order valence-corrected chi connectivity index (χ2v) is 22.4. The zero-order valence-electron chi connectivity index (χ0n) is 49.6. The van der Waals surface area contributed by atoms with E-state index in [0.717, 1.165) is 51.4 Å². The molecule has 0 aromatic rings. The fraction of sp³-hybridized carbons (Fsp3) is 0.853. The normalized spacial score (nSPS) is 12.9. The van der Waals surface area contributed by atoms with E-state index in [4.69, 9.17) is 4.74 Å². The van der Waals surface area contributed by atoms with E-state index in [9.17, 15) is 19.8 Å². The van der Waals surface area contributed by atoms with Crippen molar-refractivity contribution in [3.8, 4) is 0 Å². The van der Waals surface area contributed by atoms with Gasteiger partial charge in [-0.2, -0.15) is 0 Å². The molecule has 1 amide bonds. The molecular weight excluding hydrogens is 911 g/mol. The molecule has 0 rings (SSSR count). The third-order valence-corrected chi connectivity index (χ3v) is 15.1. The number of allylic oxidation sites excluding steroid dienone is 7. The molecule has 6 nitrogen and oxygen atoms in total. The quantitative estimate of drug-likeness (QED) is 0.0320. The Morgan fingerprint density at radius 3 is 1.07 bits per heavy atom. The van der Waals surface area contributed by atoms with Gasteiger partial charge in [-0.05, 0) is 89.9 Å². The zero-order valence-corrected chi connectivity index (χ0v) is 49.6. The van der Waals surface area contributed by atoms with Gasteiger partial charge in [0.25, 0.3) is 0 Å². The number of unbranched alkanes of at least 4 members (excludes halogenated alkanes) is 44. The number of aliphatic hydroxyl groups excluding tert-OH is 2. The minimum absolute atomic E-state index is 0.00169. The van der Waals surface area contributed by atoms with Crippen LogP contribution < -0.4 is 5.32 Å². The first-order valence-corrected chi connectivity index (χ1v) is 32.9. The minimum atomic E-state index is -0.850. The van der Waals surface area contributed by atoms with Gasteiger partial charge in [-0.25, -0.2) is 0 Å². The number of amides is 1. The van der Waals surface area contributed by atoms with Gasteiger partial charge in [0.15, 0.2) is 0 Å². The highest BCUT2D eigenvalue weighted by Crippen LogP contribution is 2.17. The van der Waals surface area contributed by atoms with E-state index in [1.807, 2.05) is 6.08 Å². The molecule has 0 radical (unpaired) electrons. The van der Waals surface area contributed by atoms with Crippen molar-refractivity contribution in [3.63, 3.8) is 0 Å². The van der Waals surface area contributed by atoms with Crippen LogP contribution in [0.3, 0.4) is 0 Å². The second kappa shape index (κ2) is 63.4. The van der Waals surface area contributed by atoms with Crippen LogP contribution in [0.1, 0.15) is 348 Å². The molecule has 6 heteroatoms. The topological polar surface area (TPSA) is 95.9 Å². The second-order valence-electron chi connectivity index (χ2n) is 22.4. The van der Waals surface area contributed by atoms with Gasteiger partial charge >= 0.3 is 5.97 Å². The summed E-state index contributed by atoms with van der Waals surface area (Å²) in [5.74, 6) is -0.0736. The predicted octanol–water partition coefficient (Wildman–Crippen LogP) is 20.9. The van der Waals surface area contributed by atoms with E-state index in [1.54, 1.807) is 6.08 Å². The summed E-state index contributed by atoms with van der Waals surface area (Å²) in [6, 6.07) is -0.634. The molecule has 2 unspecified atom stereocenters. The smallest absolute Gasteiger partial charge is 0.305 e. The first-order chi connectivity index (χ1) is 36.5. The average molecular weight is 1040 g/mol. The molecule has 74 heavy (non-hydrogen) atoms. The molecule has 0 spiro atoms. The molecule has 3 N–H and O–H groups in total. The van der Waals surface area contributed by atoms with E-state index in [0.29, 0.717) is 19.4 Å². The molecule has 2 atom stereocenters. The van der Waals surface area contributed by atoms with Gasteiger partial charge in [0.05, 0.1) is 25.4 Å². The van der Waals surface area contributed by atoms with Crippen LogP contribution in [0.15, 0.2) is 48.6 Å². The van der Waals surface area contributed by atoms with Gasteiger partial charge in [-0.3, -0.25) is 9.59 Å². The maximum absolute atomic E-state index is 12.5. The number of carbonyl (C=O) groups excluding carboxylic acids is 2. The first kappa shape index (κ1) is 71.8. The molecule has 434 valence electrons. The van der Waals surface area contributed by atoms with Crippen LogP contribution in [0.25, 0.3) is 0 Å². The lowest BCUT2D eigenvalue weighted by Gasteiger charge is -2.20. The van der Waals surface area contributed by atoms with Crippen molar-refractivity contribution in [3.05, 3.63) is 48.6 Å². The van der Waals surface area contributed by atoms with Crippen LogP contribution in [0.4, 0.5) is 0 Å². The molecule has 0 aromatic carbocycles. The minimum Gasteiger partial charge on any atom is -0.466 e. The largest absolute Gasteiger partial charge is 0.466 e. The van der Waals surface area contributed by atoms with E-state index in [1.165, 1.54) is 270 Å². The van der Waals surface area contributed by atoms with Crippen molar-refractivity contribution in [1.82, 2.24) is 5.32 Å². The van der Waals surface area contributed by atoms with Crippen molar-refractivity contribution in [1.29, 1.82) is 0 Å². The van der Waals surface area contributed by atoms with Crippen LogP contribution >= 0.6 is 0 Å². The molecule has 0 saturated heterocycles. The molecule has 0 heterocycles. The number of hydrogen-bond donors (Lipinski definition) is 3. The van der Waals surface area contributed by atoms with E-state index in [2.05, 4.69) is 55.6 Å². The van der Waals surface area contributed by atoms with Gasteiger partial charge in [-0.1, -0.05) is 294 Å². The Bertz CT molecular complexity index is 1240. The summed E-state index contributed by atoms with van der Waals surface area (Å²) >= 11 is 0. The van der Waals surface area contributed by atoms with Crippen molar-refractivity contribution in [2.24, 2.45) is 0 Å². The molecule has 0 bridgehead atoms. The van der Waals surface area contributed by atoms with Crippen molar-refractivity contribution < 1.29 is 24.5 Å². The highest BCUT2D eigenvalue weighted by molar-refractivity contribution is 5.76. The summed E-state index contributed by atoms with van der Waals surface area (Å²) < 4.78 is 5.46. The predicted molar refractivity (Wildman–Crippen MR) is 324 cm³/mol. The number of nitrogens with one attached hydrogen (secondary N) is 1. The number of esters is 1. The lowest BCUT2D eigenvalue weighted by atomic mass is 10.0. The summed E-state index contributed by atoms with van der Waals surface area (Å²) in [6.07, 6.45) is 81.6. The average Bonchev–Trinajstić information content (AvgIpc) is 3.40. The summed E-state index contributed by atoms with van der Waals surface area (Å²) in [6.45, 7) is 4.89. The fourth-order valence-electron chi connectivity index (χ4n) is 10.0. The number of rotatable bonds is 61. The molecule has 0 fully saturated rings. The lowest BCUT2D eigenvalue weighted by Crippen LogP contribution is -2.45. The number of carbonyl (C=O) groups is 2. The van der Waals surface area contributed by atoms with Gasteiger partial charge in [0.2, 0.25) is 5.91 Å². The van der Waals surface area contributed by atoms with Crippen molar-refractivity contribution >= 4 is 11.9 Å². The molecule has 0 saturated carbocycles.